The van der Waals surface area contributed by atoms with Crippen molar-refractivity contribution in [2.45, 2.75) is 68.3 Å². The lowest BCUT2D eigenvalue weighted by molar-refractivity contribution is -0.119. The first-order chi connectivity index (χ1) is 7.29. The SMILES string of the molecule is O=C1CCCCC1S(=O)C1CCCCC1. The fourth-order valence-corrected chi connectivity index (χ4v) is 4.76. The molecule has 0 N–H and O–H groups in total. The normalized spacial score (nSPS) is 31.5. The van der Waals surface area contributed by atoms with Crippen molar-refractivity contribution in [3.63, 3.8) is 0 Å². The van der Waals surface area contributed by atoms with Crippen LogP contribution in [0.15, 0.2) is 0 Å². The quantitative estimate of drug-likeness (QED) is 0.728. The van der Waals surface area contributed by atoms with Gasteiger partial charge in [-0.25, -0.2) is 0 Å². The number of carbonyl (C=O) groups excluding carboxylic acids is 1. The van der Waals surface area contributed by atoms with Crippen molar-refractivity contribution < 1.29 is 9.00 Å². The molecule has 15 heavy (non-hydrogen) atoms. The molecule has 2 fully saturated rings. The molecule has 0 saturated heterocycles. The molecule has 3 heteroatoms. The van der Waals surface area contributed by atoms with Gasteiger partial charge in [0.25, 0.3) is 0 Å². The molecule has 0 aromatic heterocycles. The minimum atomic E-state index is -0.873. The second kappa shape index (κ2) is 5.24. The molecule has 2 nitrogen and oxygen atoms in total. The highest BCUT2D eigenvalue weighted by atomic mass is 32.2. The van der Waals surface area contributed by atoms with Crippen molar-refractivity contribution in [3.8, 4) is 0 Å². The predicted molar refractivity (Wildman–Crippen MR) is 62.3 cm³/mol. The Bertz CT molecular complexity index is 256. The van der Waals surface area contributed by atoms with Crippen LogP contribution in [-0.2, 0) is 15.6 Å². The van der Waals surface area contributed by atoms with E-state index in [1.165, 1.54) is 19.3 Å². The number of ketones is 1. The van der Waals surface area contributed by atoms with Crippen LogP contribution in [0.3, 0.4) is 0 Å². The van der Waals surface area contributed by atoms with Crippen LogP contribution in [0.5, 0.6) is 0 Å². The number of hydrogen-bond donors (Lipinski definition) is 0. The Morgan fingerprint density at radius 1 is 0.933 bits per heavy atom. The maximum Gasteiger partial charge on any atom is 0.148 e. The monoisotopic (exact) mass is 228 g/mol. The third kappa shape index (κ3) is 2.68. The summed E-state index contributed by atoms with van der Waals surface area (Å²) in [7, 11) is -0.873. The van der Waals surface area contributed by atoms with Crippen LogP contribution >= 0.6 is 0 Å². The molecule has 0 radical (unpaired) electrons. The van der Waals surface area contributed by atoms with Gasteiger partial charge in [-0.05, 0) is 25.7 Å². The third-order valence-electron chi connectivity index (χ3n) is 3.66. The molecule has 0 amide bonds. The van der Waals surface area contributed by atoms with Gasteiger partial charge >= 0.3 is 0 Å². The van der Waals surface area contributed by atoms with Crippen molar-refractivity contribution in [2.75, 3.05) is 0 Å². The van der Waals surface area contributed by atoms with Crippen LogP contribution in [0.4, 0.5) is 0 Å². The van der Waals surface area contributed by atoms with Crippen LogP contribution < -0.4 is 0 Å². The van der Waals surface area contributed by atoms with Crippen LogP contribution in [0, 0.1) is 0 Å². The van der Waals surface area contributed by atoms with Crippen molar-refractivity contribution in [1.29, 1.82) is 0 Å². The summed E-state index contributed by atoms with van der Waals surface area (Å²) in [5.41, 5.74) is 0. The summed E-state index contributed by atoms with van der Waals surface area (Å²) in [5, 5.41) is 0.215. The molecule has 2 unspecified atom stereocenters. The van der Waals surface area contributed by atoms with Gasteiger partial charge < -0.3 is 0 Å². The number of hydrogen-bond acceptors (Lipinski definition) is 2. The molecule has 2 aliphatic carbocycles. The van der Waals surface area contributed by atoms with E-state index in [2.05, 4.69) is 0 Å². The van der Waals surface area contributed by atoms with Crippen molar-refractivity contribution >= 4 is 16.6 Å². The van der Waals surface area contributed by atoms with Gasteiger partial charge in [0.05, 0.1) is 5.25 Å². The van der Waals surface area contributed by atoms with Gasteiger partial charge in [0, 0.05) is 22.5 Å². The topological polar surface area (TPSA) is 34.1 Å². The fourth-order valence-electron chi connectivity index (χ4n) is 2.73. The molecular formula is C12H20O2S. The Hall–Kier alpha value is -0.180. The Balaban J connectivity index is 1.95. The number of Topliss-reactive ketones (excluding diaryl/α,β-unsaturated/α-hetero) is 1. The summed E-state index contributed by atoms with van der Waals surface area (Å²) in [6.07, 6.45) is 9.50. The maximum atomic E-state index is 12.3. The third-order valence-corrected chi connectivity index (χ3v) is 5.85. The second-order valence-electron chi connectivity index (χ2n) is 4.79. The van der Waals surface area contributed by atoms with Gasteiger partial charge in [0.15, 0.2) is 0 Å². The Morgan fingerprint density at radius 2 is 1.60 bits per heavy atom. The lowest BCUT2D eigenvalue weighted by Gasteiger charge is -2.27. The van der Waals surface area contributed by atoms with E-state index >= 15 is 0 Å². The van der Waals surface area contributed by atoms with E-state index in [9.17, 15) is 9.00 Å². The lowest BCUT2D eigenvalue weighted by Crippen LogP contribution is -2.35. The molecule has 86 valence electrons. The Morgan fingerprint density at radius 3 is 2.27 bits per heavy atom. The first-order valence-electron chi connectivity index (χ1n) is 6.21. The Kier molecular flexibility index (Phi) is 3.95. The van der Waals surface area contributed by atoms with Gasteiger partial charge in [-0.15, -0.1) is 0 Å². The zero-order valence-electron chi connectivity index (χ0n) is 9.24. The predicted octanol–water partition coefficient (Wildman–Crippen LogP) is 2.58. The second-order valence-corrected chi connectivity index (χ2v) is 6.68. The van der Waals surface area contributed by atoms with E-state index in [0.29, 0.717) is 11.7 Å². The van der Waals surface area contributed by atoms with Crippen molar-refractivity contribution in [2.24, 2.45) is 0 Å². The molecule has 0 aromatic carbocycles. The molecule has 2 rings (SSSR count). The number of carbonyl (C=O) groups is 1. The molecule has 2 atom stereocenters. The lowest BCUT2D eigenvalue weighted by atomic mass is 9.99. The van der Waals surface area contributed by atoms with Gasteiger partial charge in [-0.1, -0.05) is 25.7 Å². The maximum absolute atomic E-state index is 12.3. The molecule has 2 aliphatic rings. The zero-order chi connectivity index (χ0) is 10.7. The molecule has 0 aliphatic heterocycles. The van der Waals surface area contributed by atoms with Crippen LogP contribution in [0.2, 0.25) is 0 Å². The number of rotatable bonds is 2. The van der Waals surface area contributed by atoms with Crippen molar-refractivity contribution in [3.05, 3.63) is 0 Å². The summed E-state index contributed by atoms with van der Waals surface area (Å²) in [5.74, 6) is 0.269. The smallest absolute Gasteiger partial charge is 0.148 e. The molecule has 0 heterocycles. The van der Waals surface area contributed by atoms with Crippen LogP contribution in [0.1, 0.15) is 57.8 Å². The van der Waals surface area contributed by atoms with E-state index in [1.807, 2.05) is 0 Å². The average molecular weight is 228 g/mol. The Labute approximate surface area is 94.3 Å². The van der Waals surface area contributed by atoms with Gasteiger partial charge in [-0.2, -0.15) is 0 Å². The molecule has 0 aromatic rings. The molecule has 0 spiro atoms. The highest BCUT2D eigenvalue weighted by molar-refractivity contribution is 7.87. The van der Waals surface area contributed by atoms with E-state index < -0.39 is 10.8 Å². The summed E-state index contributed by atoms with van der Waals surface area (Å²) in [6, 6.07) is 0. The van der Waals surface area contributed by atoms with E-state index in [0.717, 1.165) is 32.1 Å². The summed E-state index contributed by atoms with van der Waals surface area (Å²) in [6.45, 7) is 0. The largest absolute Gasteiger partial charge is 0.298 e. The minimum Gasteiger partial charge on any atom is -0.298 e. The summed E-state index contributed by atoms with van der Waals surface area (Å²) >= 11 is 0. The highest BCUT2D eigenvalue weighted by Crippen LogP contribution is 2.28. The molecule has 2 saturated carbocycles. The highest BCUT2D eigenvalue weighted by Gasteiger charge is 2.32. The van der Waals surface area contributed by atoms with Crippen molar-refractivity contribution in [1.82, 2.24) is 0 Å². The van der Waals surface area contributed by atoms with Gasteiger partial charge in [-0.3, -0.25) is 9.00 Å². The molecule has 0 bridgehead atoms. The van der Waals surface area contributed by atoms with E-state index in [1.54, 1.807) is 0 Å². The fraction of sp³-hybridized carbons (Fsp3) is 0.917. The van der Waals surface area contributed by atoms with Crippen LogP contribution in [-0.4, -0.2) is 20.5 Å². The standard InChI is InChI=1S/C12H20O2S/c13-11-8-4-5-9-12(11)15(14)10-6-2-1-3-7-10/h10,12H,1-9H2. The molecular weight excluding hydrogens is 208 g/mol. The summed E-state index contributed by atoms with van der Waals surface area (Å²) < 4.78 is 12.3. The zero-order valence-corrected chi connectivity index (χ0v) is 10.1. The van der Waals surface area contributed by atoms with E-state index in [4.69, 9.17) is 0 Å². The minimum absolute atomic E-state index is 0.109. The van der Waals surface area contributed by atoms with Gasteiger partial charge in [0.2, 0.25) is 0 Å². The average Bonchev–Trinajstić information content (AvgIpc) is 2.30. The van der Waals surface area contributed by atoms with E-state index in [-0.39, 0.29) is 11.0 Å². The van der Waals surface area contributed by atoms with Gasteiger partial charge in [0.1, 0.15) is 5.78 Å². The summed E-state index contributed by atoms with van der Waals surface area (Å²) in [4.78, 5) is 11.7. The first-order valence-corrected chi connectivity index (χ1v) is 7.49. The first kappa shape index (κ1) is 11.3. The van der Waals surface area contributed by atoms with Crippen LogP contribution in [0.25, 0.3) is 0 Å².